The highest BCUT2D eigenvalue weighted by molar-refractivity contribution is 7.80. The van der Waals surface area contributed by atoms with Crippen LogP contribution in [0.25, 0.3) is 0 Å². The molecule has 0 radical (unpaired) electrons. The number of nitro benzene ring substituents is 1. The van der Waals surface area contributed by atoms with E-state index in [1.54, 1.807) is 18.2 Å². The molecule has 13 heteroatoms. The number of halogens is 2. The maximum Gasteiger partial charge on any atom is 0.269 e. The minimum atomic E-state index is -0.580. The Morgan fingerprint density at radius 2 is 1.75 bits per heavy atom. The second-order valence-electron chi connectivity index (χ2n) is 6.12. The Kier molecular flexibility index (Phi) is 9.92. The summed E-state index contributed by atoms with van der Waals surface area (Å²) in [5.41, 5.74) is 4.65. The van der Waals surface area contributed by atoms with Crippen molar-refractivity contribution in [2.75, 3.05) is 13.2 Å². The number of ether oxygens (including phenoxy) is 2. The van der Waals surface area contributed by atoms with Crippen LogP contribution in [0.5, 0.6) is 11.5 Å². The van der Waals surface area contributed by atoms with Gasteiger partial charge < -0.3 is 9.47 Å². The second-order valence-corrected chi connectivity index (χ2v) is 7.37. The van der Waals surface area contributed by atoms with Gasteiger partial charge in [0.2, 0.25) is 5.91 Å². The van der Waals surface area contributed by atoms with Crippen molar-refractivity contribution in [2.24, 2.45) is 0 Å². The lowest BCUT2D eigenvalue weighted by Gasteiger charge is -2.12. The largest absolute Gasteiger partial charge is 0.492 e. The molecule has 0 bridgehead atoms. The van der Waals surface area contributed by atoms with Gasteiger partial charge in [0.1, 0.15) is 11.5 Å². The van der Waals surface area contributed by atoms with Crippen molar-refractivity contribution in [3.8, 4) is 11.5 Å². The van der Waals surface area contributed by atoms with Gasteiger partial charge in [0.25, 0.3) is 11.6 Å². The summed E-state index contributed by atoms with van der Waals surface area (Å²) in [6.07, 6.45) is 0.548. The highest BCUT2D eigenvalue weighted by Gasteiger charge is 2.09. The smallest absolute Gasteiger partial charge is 0.269 e. The molecular formula is C19H18Cl2N4O6S. The van der Waals surface area contributed by atoms with Crippen LogP contribution in [0.4, 0.5) is 5.69 Å². The van der Waals surface area contributed by atoms with Crippen LogP contribution in [0, 0.1) is 10.1 Å². The molecule has 0 aliphatic carbocycles. The molecule has 2 aromatic rings. The Labute approximate surface area is 198 Å². The van der Waals surface area contributed by atoms with E-state index in [9.17, 15) is 19.7 Å². The molecule has 0 saturated carbocycles. The predicted octanol–water partition coefficient (Wildman–Crippen LogP) is 3.16. The fraction of sp³-hybridized carbons (Fsp3) is 0.211. The fourth-order valence-corrected chi connectivity index (χ4v) is 2.83. The Bertz CT molecular complexity index is 990. The van der Waals surface area contributed by atoms with Crippen LogP contribution in [0.1, 0.15) is 12.8 Å². The Morgan fingerprint density at radius 1 is 1.03 bits per heavy atom. The Hall–Kier alpha value is -3.15. The number of hydrogen-bond donors (Lipinski definition) is 3. The number of amides is 2. The summed E-state index contributed by atoms with van der Waals surface area (Å²) in [5, 5.41) is 13.7. The number of nitrogens with zero attached hydrogens (tertiary/aromatic N) is 1. The molecule has 0 aliphatic heterocycles. The average Bonchev–Trinajstić information content (AvgIpc) is 2.75. The lowest BCUT2D eigenvalue weighted by atomic mass is 10.3. The van der Waals surface area contributed by atoms with Crippen LogP contribution >= 0.6 is 35.4 Å². The molecule has 0 saturated heterocycles. The van der Waals surface area contributed by atoms with Gasteiger partial charge in [-0.2, -0.15) is 0 Å². The van der Waals surface area contributed by atoms with Crippen molar-refractivity contribution >= 4 is 58.0 Å². The number of carbonyl (C=O) groups is 2. The van der Waals surface area contributed by atoms with E-state index in [0.29, 0.717) is 22.2 Å². The van der Waals surface area contributed by atoms with Crippen LogP contribution in [0.2, 0.25) is 10.0 Å². The molecule has 3 N–H and O–H groups in total. The molecule has 2 rings (SSSR count). The third-order valence-electron chi connectivity index (χ3n) is 3.69. The quantitative estimate of drug-likeness (QED) is 0.207. The zero-order valence-corrected chi connectivity index (χ0v) is 18.8. The SMILES string of the molecule is O=C(CCCOc1ccc(Cl)cc1Cl)NNC(=S)NC(=O)COc1ccc([N+](=O)[O-])cc1. The molecule has 170 valence electrons. The van der Waals surface area contributed by atoms with E-state index in [0.717, 1.165) is 0 Å². The van der Waals surface area contributed by atoms with Crippen LogP contribution in [-0.2, 0) is 9.59 Å². The minimum Gasteiger partial charge on any atom is -0.492 e. The first kappa shape index (κ1) is 25.1. The number of carbonyl (C=O) groups excluding carboxylic acids is 2. The molecule has 0 heterocycles. The first-order valence-electron chi connectivity index (χ1n) is 9.08. The summed E-state index contributed by atoms with van der Waals surface area (Å²) in [7, 11) is 0. The van der Waals surface area contributed by atoms with Crippen LogP contribution < -0.4 is 25.6 Å². The van der Waals surface area contributed by atoms with Crippen molar-refractivity contribution < 1.29 is 24.0 Å². The van der Waals surface area contributed by atoms with Gasteiger partial charge in [0, 0.05) is 23.6 Å². The zero-order chi connectivity index (χ0) is 23.5. The summed E-state index contributed by atoms with van der Waals surface area (Å²) >= 11 is 16.7. The van der Waals surface area contributed by atoms with E-state index >= 15 is 0 Å². The molecule has 32 heavy (non-hydrogen) atoms. The first-order valence-corrected chi connectivity index (χ1v) is 10.2. The van der Waals surface area contributed by atoms with Gasteiger partial charge in [-0.25, -0.2) is 0 Å². The van der Waals surface area contributed by atoms with E-state index < -0.39 is 10.8 Å². The molecule has 0 spiro atoms. The van der Waals surface area contributed by atoms with Crippen molar-refractivity contribution in [3.63, 3.8) is 0 Å². The van der Waals surface area contributed by atoms with Crippen molar-refractivity contribution in [1.82, 2.24) is 16.2 Å². The van der Waals surface area contributed by atoms with E-state index in [4.69, 9.17) is 44.9 Å². The number of hydrazine groups is 1. The number of thiocarbonyl (C=S) groups is 1. The van der Waals surface area contributed by atoms with Gasteiger partial charge in [-0.05, 0) is 49.0 Å². The lowest BCUT2D eigenvalue weighted by molar-refractivity contribution is -0.384. The molecular weight excluding hydrogens is 483 g/mol. The molecule has 10 nitrogen and oxygen atoms in total. The molecule has 0 atom stereocenters. The van der Waals surface area contributed by atoms with Crippen LogP contribution in [-0.4, -0.2) is 35.1 Å². The van der Waals surface area contributed by atoms with Crippen molar-refractivity contribution in [1.29, 1.82) is 0 Å². The standard InChI is InChI=1S/C19H18Cl2N4O6S/c20-12-3-8-16(15(21)10-12)30-9-1-2-17(26)23-24-19(32)22-18(27)11-31-14-6-4-13(5-7-14)25(28)29/h3-8,10H,1-2,9,11H2,(H,23,26)(H2,22,24,27,32). The lowest BCUT2D eigenvalue weighted by Crippen LogP contribution is -2.49. The summed E-state index contributed by atoms with van der Waals surface area (Å²) < 4.78 is 10.7. The Balaban J connectivity index is 1.59. The topological polar surface area (TPSA) is 132 Å². The number of non-ortho nitro benzene ring substituents is 1. The van der Waals surface area contributed by atoms with E-state index in [1.165, 1.54) is 24.3 Å². The third-order valence-corrected chi connectivity index (χ3v) is 4.42. The third kappa shape index (κ3) is 8.92. The first-order chi connectivity index (χ1) is 15.2. The number of benzene rings is 2. The highest BCUT2D eigenvalue weighted by Crippen LogP contribution is 2.27. The van der Waals surface area contributed by atoms with Gasteiger partial charge in [-0.15, -0.1) is 0 Å². The van der Waals surface area contributed by atoms with Crippen LogP contribution in [0.3, 0.4) is 0 Å². The summed E-state index contributed by atoms with van der Waals surface area (Å²) in [6.45, 7) is -0.117. The van der Waals surface area contributed by atoms with Gasteiger partial charge in [-0.1, -0.05) is 23.2 Å². The van der Waals surface area contributed by atoms with Crippen LogP contribution in [0.15, 0.2) is 42.5 Å². The normalized spacial score (nSPS) is 10.1. The van der Waals surface area contributed by atoms with Gasteiger partial charge in [-0.3, -0.25) is 35.9 Å². The maximum atomic E-state index is 11.8. The molecule has 2 amide bonds. The summed E-state index contributed by atoms with van der Waals surface area (Å²) in [5.74, 6) is -0.202. The molecule has 0 aliphatic rings. The van der Waals surface area contributed by atoms with E-state index in [1.807, 2.05) is 0 Å². The maximum absolute atomic E-state index is 11.8. The summed E-state index contributed by atoms with van der Waals surface area (Å²) in [4.78, 5) is 33.7. The predicted molar refractivity (Wildman–Crippen MR) is 122 cm³/mol. The molecule has 0 fully saturated rings. The number of rotatable bonds is 9. The number of nitro groups is 1. The minimum absolute atomic E-state index is 0.0942. The number of nitrogens with one attached hydrogen (secondary N) is 3. The number of hydrogen-bond acceptors (Lipinski definition) is 7. The second kappa shape index (κ2) is 12.6. The summed E-state index contributed by atoms with van der Waals surface area (Å²) in [6, 6.07) is 10.1. The average molecular weight is 501 g/mol. The van der Waals surface area contributed by atoms with Crippen molar-refractivity contribution in [3.05, 3.63) is 62.6 Å². The van der Waals surface area contributed by atoms with Gasteiger partial charge in [0.05, 0.1) is 16.6 Å². The molecule has 2 aromatic carbocycles. The zero-order valence-electron chi connectivity index (χ0n) is 16.4. The Morgan fingerprint density at radius 3 is 2.41 bits per heavy atom. The highest BCUT2D eigenvalue weighted by atomic mass is 35.5. The van der Waals surface area contributed by atoms with Crippen molar-refractivity contribution in [2.45, 2.75) is 12.8 Å². The monoisotopic (exact) mass is 500 g/mol. The van der Waals surface area contributed by atoms with E-state index in [-0.39, 0.29) is 42.1 Å². The molecule has 0 aromatic heterocycles. The fourth-order valence-electron chi connectivity index (χ4n) is 2.20. The van der Waals surface area contributed by atoms with Gasteiger partial charge >= 0.3 is 0 Å². The van der Waals surface area contributed by atoms with E-state index in [2.05, 4.69) is 16.2 Å². The molecule has 0 unspecified atom stereocenters. The van der Waals surface area contributed by atoms with Gasteiger partial charge in [0.15, 0.2) is 11.7 Å².